The van der Waals surface area contributed by atoms with Gasteiger partial charge in [-0.25, -0.2) is 13.2 Å². The number of hydrogen-bond acceptors (Lipinski definition) is 1. The predicted octanol–water partition coefficient (Wildman–Crippen LogP) is 4.87. The van der Waals surface area contributed by atoms with Crippen molar-refractivity contribution >= 4 is 15.9 Å². The lowest BCUT2D eigenvalue weighted by molar-refractivity contribution is 0.535. The molecule has 21 heavy (non-hydrogen) atoms. The summed E-state index contributed by atoms with van der Waals surface area (Å²) in [4.78, 5) is 0. The molecule has 0 spiro atoms. The van der Waals surface area contributed by atoms with Gasteiger partial charge in [-0.3, -0.25) is 0 Å². The standard InChI is InChI=1S/C16H15BrF3N/c1-3-21-16(10-5-11(17)7-12(18)6-10)13-4-9(2)14(19)8-15(13)20/h4-8,16,21H,3H2,1-2H3. The maximum absolute atomic E-state index is 14.1. The van der Waals surface area contributed by atoms with Crippen LogP contribution in [0.5, 0.6) is 0 Å². The minimum Gasteiger partial charge on any atom is -0.306 e. The van der Waals surface area contributed by atoms with E-state index >= 15 is 0 Å². The van der Waals surface area contributed by atoms with Gasteiger partial charge in [0.1, 0.15) is 17.5 Å². The summed E-state index contributed by atoms with van der Waals surface area (Å²) in [6.07, 6.45) is 0. The van der Waals surface area contributed by atoms with E-state index in [1.807, 2.05) is 6.92 Å². The van der Waals surface area contributed by atoms with Gasteiger partial charge >= 0.3 is 0 Å². The lowest BCUT2D eigenvalue weighted by Crippen LogP contribution is -2.23. The van der Waals surface area contributed by atoms with Crippen LogP contribution in [0.15, 0.2) is 34.8 Å². The van der Waals surface area contributed by atoms with E-state index in [0.29, 0.717) is 27.7 Å². The van der Waals surface area contributed by atoms with Crippen LogP contribution in [0.2, 0.25) is 0 Å². The molecule has 0 saturated carbocycles. The second kappa shape index (κ2) is 6.62. The minimum absolute atomic E-state index is 0.299. The van der Waals surface area contributed by atoms with Crippen molar-refractivity contribution in [3.05, 3.63) is 68.9 Å². The highest BCUT2D eigenvalue weighted by Gasteiger charge is 2.20. The first-order valence-corrected chi connectivity index (χ1v) is 7.36. The number of halogens is 4. The summed E-state index contributed by atoms with van der Waals surface area (Å²) in [7, 11) is 0. The first-order chi connectivity index (χ1) is 9.92. The van der Waals surface area contributed by atoms with Crippen LogP contribution in [0.4, 0.5) is 13.2 Å². The van der Waals surface area contributed by atoms with Crippen LogP contribution in [0.1, 0.15) is 29.7 Å². The Labute approximate surface area is 130 Å². The van der Waals surface area contributed by atoms with Crippen molar-refractivity contribution in [2.45, 2.75) is 19.9 Å². The van der Waals surface area contributed by atoms with E-state index in [4.69, 9.17) is 0 Å². The Balaban J connectivity index is 2.55. The van der Waals surface area contributed by atoms with Crippen molar-refractivity contribution in [3.63, 3.8) is 0 Å². The fraction of sp³-hybridized carbons (Fsp3) is 0.250. The monoisotopic (exact) mass is 357 g/mol. The average molecular weight is 358 g/mol. The van der Waals surface area contributed by atoms with Gasteiger partial charge in [0.25, 0.3) is 0 Å². The normalized spacial score (nSPS) is 12.5. The summed E-state index contributed by atoms with van der Waals surface area (Å²) in [6, 6.07) is 6.17. The van der Waals surface area contributed by atoms with Gasteiger partial charge in [0.15, 0.2) is 0 Å². The van der Waals surface area contributed by atoms with Gasteiger partial charge in [-0.15, -0.1) is 0 Å². The lowest BCUT2D eigenvalue weighted by atomic mass is 9.96. The van der Waals surface area contributed by atoms with E-state index in [2.05, 4.69) is 21.2 Å². The highest BCUT2D eigenvalue weighted by molar-refractivity contribution is 9.10. The maximum atomic E-state index is 14.1. The zero-order chi connectivity index (χ0) is 15.6. The van der Waals surface area contributed by atoms with E-state index in [-0.39, 0.29) is 0 Å². The van der Waals surface area contributed by atoms with Crippen LogP contribution in [0.25, 0.3) is 0 Å². The van der Waals surface area contributed by atoms with Gasteiger partial charge in [-0.1, -0.05) is 22.9 Å². The Morgan fingerprint density at radius 3 is 2.38 bits per heavy atom. The minimum atomic E-state index is -0.649. The molecule has 1 nitrogen and oxygen atoms in total. The summed E-state index contributed by atoms with van der Waals surface area (Å²) >= 11 is 3.23. The molecule has 2 rings (SSSR count). The molecule has 0 amide bonds. The van der Waals surface area contributed by atoms with Crippen molar-refractivity contribution < 1.29 is 13.2 Å². The summed E-state index contributed by atoms with van der Waals surface area (Å²) in [6.45, 7) is 4.01. The van der Waals surface area contributed by atoms with Crippen LogP contribution < -0.4 is 5.32 Å². The van der Waals surface area contributed by atoms with Gasteiger partial charge in [0, 0.05) is 16.1 Å². The highest BCUT2D eigenvalue weighted by Crippen LogP contribution is 2.29. The fourth-order valence-electron chi connectivity index (χ4n) is 2.25. The van der Waals surface area contributed by atoms with E-state index < -0.39 is 23.5 Å². The molecule has 112 valence electrons. The number of hydrogen-bond donors (Lipinski definition) is 1. The summed E-state index contributed by atoms with van der Waals surface area (Å²) < 4.78 is 41.7. The number of aryl methyl sites for hydroxylation is 1. The molecule has 1 N–H and O–H groups in total. The Hall–Kier alpha value is -1.33. The lowest BCUT2D eigenvalue weighted by Gasteiger charge is -2.20. The van der Waals surface area contributed by atoms with Gasteiger partial charge in [-0.2, -0.15) is 0 Å². The molecule has 5 heteroatoms. The smallest absolute Gasteiger partial charge is 0.131 e. The Kier molecular flexibility index (Phi) is 5.06. The Bertz CT molecular complexity index is 638. The largest absolute Gasteiger partial charge is 0.306 e. The van der Waals surface area contributed by atoms with Gasteiger partial charge in [0.05, 0.1) is 6.04 Å². The van der Waals surface area contributed by atoms with Crippen LogP contribution in [-0.4, -0.2) is 6.54 Å². The molecule has 0 radical (unpaired) electrons. The predicted molar refractivity (Wildman–Crippen MR) is 80.7 cm³/mol. The van der Waals surface area contributed by atoms with Crippen molar-refractivity contribution in [1.82, 2.24) is 5.32 Å². The Morgan fingerprint density at radius 2 is 1.76 bits per heavy atom. The Morgan fingerprint density at radius 1 is 1.05 bits per heavy atom. The molecule has 1 unspecified atom stereocenters. The van der Waals surface area contributed by atoms with E-state index in [9.17, 15) is 13.2 Å². The average Bonchev–Trinajstić information content (AvgIpc) is 2.39. The highest BCUT2D eigenvalue weighted by atomic mass is 79.9. The zero-order valence-corrected chi connectivity index (χ0v) is 13.3. The molecule has 0 aromatic heterocycles. The summed E-state index contributed by atoms with van der Waals surface area (Å²) in [5.41, 5.74) is 1.23. The maximum Gasteiger partial charge on any atom is 0.131 e. The van der Waals surface area contributed by atoms with Crippen molar-refractivity contribution in [2.24, 2.45) is 0 Å². The van der Waals surface area contributed by atoms with Gasteiger partial charge in [0.2, 0.25) is 0 Å². The molecule has 2 aromatic carbocycles. The van der Waals surface area contributed by atoms with E-state index in [1.165, 1.54) is 18.2 Å². The molecular formula is C16H15BrF3N. The van der Waals surface area contributed by atoms with Gasteiger partial charge < -0.3 is 5.32 Å². The van der Waals surface area contributed by atoms with Crippen molar-refractivity contribution in [1.29, 1.82) is 0 Å². The molecule has 0 saturated heterocycles. The third kappa shape index (κ3) is 3.66. The molecule has 0 aliphatic rings. The quantitative estimate of drug-likeness (QED) is 0.822. The molecule has 1 atom stereocenters. The number of rotatable bonds is 4. The second-order valence-electron chi connectivity index (χ2n) is 4.82. The SMILES string of the molecule is CCNC(c1cc(F)cc(Br)c1)c1cc(C)c(F)cc1F. The van der Waals surface area contributed by atoms with E-state index in [0.717, 1.165) is 6.07 Å². The third-order valence-corrected chi connectivity index (χ3v) is 3.67. The molecular weight excluding hydrogens is 343 g/mol. The molecule has 0 fully saturated rings. The first kappa shape index (κ1) is 16.0. The molecule has 0 heterocycles. The van der Waals surface area contributed by atoms with Crippen LogP contribution in [-0.2, 0) is 0 Å². The molecule has 0 aliphatic heterocycles. The molecule has 2 aromatic rings. The topological polar surface area (TPSA) is 12.0 Å². The summed E-state index contributed by atoms with van der Waals surface area (Å²) in [5.74, 6) is -1.65. The first-order valence-electron chi connectivity index (χ1n) is 6.57. The number of benzene rings is 2. The van der Waals surface area contributed by atoms with E-state index in [1.54, 1.807) is 13.0 Å². The zero-order valence-electron chi connectivity index (χ0n) is 11.7. The van der Waals surface area contributed by atoms with Crippen molar-refractivity contribution in [3.8, 4) is 0 Å². The molecule has 0 aliphatic carbocycles. The fourth-order valence-corrected chi connectivity index (χ4v) is 2.74. The second-order valence-corrected chi connectivity index (χ2v) is 5.73. The van der Waals surface area contributed by atoms with Crippen LogP contribution in [0, 0.1) is 24.4 Å². The van der Waals surface area contributed by atoms with Crippen molar-refractivity contribution in [2.75, 3.05) is 6.54 Å². The molecule has 0 bridgehead atoms. The van der Waals surface area contributed by atoms with Gasteiger partial charge in [-0.05, 0) is 48.9 Å². The third-order valence-electron chi connectivity index (χ3n) is 3.22. The summed E-state index contributed by atoms with van der Waals surface area (Å²) in [5, 5.41) is 3.11. The van der Waals surface area contributed by atoms with Crippen LogP contribution >= 0.6 is 15.9 Å². The number of nitrogens with one attached hydrogen (secondary N) is 1. The van der Waals surface area contributed by atoms with Crippen LogP contribution in [0.3, 0.4) is 0 Å².